The number of halogens is 1. The number of carbonyl (C=O) groups excluding carboxylic acids is 1. The molecule has 1 aliphatic carbocycles. The van der Waals surface area contributed by atoms with Gasteiger partial charge in [-0.25, -0.2) is 0 Å². The predicted molar refractivity (Wildman–Crippen MR) is 96.3 cm³/mol. The molecule has 2 aliphatic rings. The Morgan fingerprint density at radius 2 is 1.88 bits per heavy atom. The predicted octanol–water partition coefficient (Wildman–Crippen LogP) is 3.56. The number of terminal acetylenes is 1. The summed E-state index contributed by atoms with van der Waals surface area (Å²) < 4.78 is 12.1. The van der Waals surface area contributed by atoms with E-state index in [0.29, 0.717) is 31.9 Å². The third-order valence-electron chi connectivity index (χ3n) is 4.65. The van der Waals surface area contributed by atoms with Gasteiger partial charge in [0.25, 0.3) is 0 Å². The van der Waals surface area contributed by atoms with Crippen molar-refractivity contribution in [3.8, 4) is 23.8 Å². The van der Waals surface area contributed by atoms with Crippen LogP contribution in [0, 0.1) is 12.3 Å². The third-order valence-corrected chi connectivity index (χ3v) is 5.39. The van der Waals surface area contributed by atoms with Crippen LogP contribution in [0.4, 0.5) is 0 Å². The van der Waals surface area contributed by atoms with Crippen LogP contribution in [0.5, 0.6) is 11.5 Å². The minimum Gasteiger partial charge on any atom is -0.486 e. The highest BCUT2D eigenvalue weighted by atomic mass is 79.9. The number of hydrogen-bond acceptors (Lipinski definition) is 3. The zero-order chi connectivity index (χ0) is 16.9. The molecule has 0 N–H and O–H groups in total. The summed E-state index contributed by atoms with van der Waals surface area (Å²) in [4.78, 5) is 14.7. The minimum atomic E-state index is 0.0808. The van der Waals surface area contributed by atoms with Crippen LogP contribution in [0.25, 0.3) is 0 Å². The van der Waals surface area contributed by atoms with Crippen molar-refractivity contribution in [1.82, 2.24) is 4.90 Å². The molecule has 0 spiro atoms. The summed E-state index contributed by atoms with van der Waals surface area (Å²) in [5, 5.41) is 0. The molecule has 1 aromatic rings. The Bertz CT molecular complexity index is 647. The molecular weight excluding hydrogens is 370 g/mol. The van der Waals surface area contributed by atoms with E-state index in [4.69, 9.17) is 15.9 Å². The Hall–Kier alpha value is -1.67. The molecule has 128 valence electrons. The highest BCUT2D eigenvalue weighted by Gasteiger charge is 2.26. The Morgan fingerprint density at radius 3 is 2.54 bits per heavy atom. The van der Waals surface area contributed by atoms with E-state index in [1.165, 1.54) is 19.3 Å². The van der Waals surface area contributed by atoms with Crippen molar-refractivity contribution in [3.63, 3.8) is 0 Å². The molecule has 3 rings (SSSR count). The average Bonchev–Trinajstić information content (AvgIpc) is 2.61. The fourth-order valence-corrected chi connectivity index (χ4v) is 3.88. The number of amides is 1. The van der Waals surface area contributed by atoms with Crippen LogP contribution in [0.3, 0.4) is 0 Å². The van der Waals surface area contributed by atoms with E-state index in [-0.39, 0.29) is 11.9 Å². The molecule has 1 aromatic carbocycles. The first kappa shape index (κ1) is 17.2. The van der Waals surface area contributed by atoms with Crippen LogP contribution in [0.15, 0.2) is 16.6 Å². The fourth-order valence-electron chi connectivity index (χ4n) is 3.42. The van der Waals surface area contributed by atoms with E-state index in [1.54, 1.807) is 0 Å². The number of benzene rings is 1. The Labute approximate surface area is 151 Å². The lowest BCUT2D eigenvalue weighted by molar-refractivity contribution is -0.132. The highest BCUT2D eigenvalue weighted by molar-refractivity contribution is 9.10. The van der Waals surface area contributed by atoms with E-state index in [9.17, 15) is 4.79 Å². The number of rotatable bonds is 4. The zero-order valence-corrected chi connectivity index (χ0v) is 15.3. The van der Waals surface area contributed by atoms with Crippen molar-refractivity contribution < 1.29 is 14.3 Å². The number of fused-ring (bicyclic) bond motifs is 1. The third kappa shape index (κ3) is 3.87. The van der Waals surface area contributed by atoms with Gasteiger partial charge in [0, 0.05) is 10.5 Å². The van der Waals surface area contributed by atoms with Crippen LogP contribution < -0.4 is 9.47 Å². The summed E-state index contributed by atoms with van der Waals surface area (Å²) in [6.45, 7) is 1.47. The maximum atomic E-state index is 12.9. The second-order valence-corrected chi connectivity index (χ2v) is 7.14. The summed E-state index contributed by atoms with van der Waals surface area (Å²) >= 11 is 3.54. The van der Waals surface area contributed by atoms with Crippen LogP contribution in [-0.4, -0.2) is 36.6 Å². The van der Waals surface area contributed by atoms with E-state index >= 15 is 0 Å². The van der Waals surface area contributed by atoms with Gasteiger partial charge in [0.2, 0.25) is 5.91 Å². The second-order valence-electron chi connectivity index (χ2n) is 6.28. The van der Waals surface area contributed by atoms with Gasteiger partial charge in [-0.1, -0.05) is 41.1 Å². The molecule has 1 saturated carbocycles. The highest BCUT2D eigenvalue weighted by Crippen LogP contribution is 2.36. The first-order chi connectivity index (χ1) is 11.7. The molecule has 0 radical (unpaired) electrons. The molecule has 0 aromatic heterocycles. The van der Waals surface area contributed by atoms with Gasteiger partial charge in [0.15, 0.2) is 11.5 Å². The van der Waals surface area contributed by atoms with Crippen LogP contribution in [0.2, 0.25) is 0 Å². The Morgan fingerprint density at radius 1 is 1.21 bits per heavy atom. The summed E-state index contributed by atoms with van der Waals surface area (Å²) in [7, 11) is 0. The molecule has 0 bridgehead atoms. The molecule has 5 heteroatoms. The topological polar surface area (TPSA) is 38.8 Å². The molecule has 0 unspecified atom stereocenters. The molecule has 24 heavy (non-hydrogen) atoms. The Balaban J connectivity index is 1.75. The van der Waals surface area contributed by atoms with E-state index in [1.807, 2.05) is 17.0 Å². The number of hydrogen-bond donors (Lipinski definition) is 0. The summed E-state index contributed by atoms with van der Waals surface area (Å²) in [6, 6.07) is 4.05. The van der Waals surface area contributed by atoms with Crippen molar-refractivity contribution in [3.05, 3.63) is 22.2 Å². The largest absolute Gasteiger partial charge is 0.486 e. The lowest BCUT2D eigenvalue weighted by Gasteiger charge is -2.33. The van der Waals surface area contributed by atoms with Crippen LogP contribution >= 0.6 is 15.9 Å². The smallest absolute Gasteiger partial charge is 0.228 e. The lowest BCUT2D eigenvalue weighted by Crippen LogP contribution is -2.42. The lowest BCUT2D eigenvalue weighted by atomic mass is 9.93. The zero-order valence-electron chi connectivity index (χ0n) is 13.7. The fraction of sp³-hybridized carbons (Fsp3) is 0.526. The first-order valence-corrected chi connectivity index (χ1v) is 9.29. The van der Waals surface area contributed by atoms with E-state index in [0.717, 1.165) is 28.6 Å². The van der Waals surface area contributed by atoms with Gasteiger partial charge in [-0.3, -0.25) is 4.79 Å². The number of carbonyl (C=O) groups is 1. The SMILES string of the molecule is C#CCN(C(=O)Cc1cc2c(cc1Br)OCCO2)C1CCCCC1. The number of nitrogens with zero attached hydrogens (tertiary/aromatic N) is 1. The maximum absolute atomic E-state index is 12.9. The molecule has 4 nitrogen and oxygen atoms in total. The average molecular weight is 392 g/mol. The van der Waals surface area contributed by atoms with Gasteiger partial charge in [0.05, 0.1) is 13.0 Å². The summed E-state index contributed by atoms with van der Waals surface area (Å²) in [5.74, 6) is 4.15. The quantitative estimate of drug-likeness (QED) is 0.736. The molecular formula is C19H22BrNO3. The Kier molecular flexibility index (Phi) is 5.68. The van der Waals surface area contributed by atoms with Gasteiger partial charge in [-0.2, -0.15) is 0 Å². The van der Waals surface area contributed by atoms with Gasteiger partial charge in [-0.05, 0) is 30.5 Å². The minimum absolute atomic E-state index is 0.0808. The van der Waals surface area contributed by atoms with Crippen molar-refractivity contribution >= 4 is 21.8 Å². The van der Waals surface area contributed by atoms with Crippen LogP contribution in [0.1, 0.15) is 37.7 Å². The van der Waals surface area contributed by atoms with Crippen LogP contribution in [-0.2, 0) is 11.2 Å². The molecule has 1 heterocycles. The number of ether oxygens (including phenoxy) is 2. The van der Waals surface area contributed by atoms with Gasteiger partial charge in [-0.15, -0.1) is 6.42 Å². The van der Waals surface area contributed by atoms with Gasteiger partial charge < -0.3 is 14.4 Å². The van der Waals surface area contributed by atoms with Crippen molar-refractivity contribution in [2.75, 3.05) is 19.8 Å². The van der Waals surface area contributed by atoms with Gasteiger partial charge >= 0.3 is 0 Å². The monoisotopic (exact) mass is 391 g/mol. The van der Waals surface area contributed by atoms with Crippen molar-refractivity contribution in [2.24, 2.45) is 0 Å². The normalized spacial score (nSPS) is 17.2. The standard InChI is InChI=1S/C19H22BrNO3/c1-2-8-21(15-6-4-3-5-7-15)19(22)12-14-11-17-18(13-16(14)20)24-10-9-23-17/h1,11,13,15H,3-10,12H2. The first-order valence-electron chi connectivity index (χ1n) is 8.50. The maximum Gasteiger partial charge on any atom is 0.228 e. The molecule has 0 saturated heterocycles. The molecule has 1 amide bonds. The second kappa shape index (κ2) is 7.94. The molecule has 0 atom stereocenters. The van der Waals surface area contributed by atoms with Crippen molar-refractivity contribution in [2.45, 2.75) is 44.6 Å². The van der Waals surface area contributed by atoms with E-state index < -0.39 is 0 Å². The summed E-state index contributed by atoms with van der Waals surface area (Å²) in [5.41, 5.74) is 0.905. The summed E-state index contributed by atoms with van der Waals surface area (Å²) in [6.07, 6.45) is 11.5. The van der Waals surface area contributed by atoms with E-state index in [2.05, 4.69) is 21.9 Å². The van der Waals surface area contributed by atoms with Gasteiger partial charge in [0.1, 0.15) is 13.2 Å². The van der Waals surface area contributed by atoms with Crippen molar-refractivity contribution in [1.29, 1.82) is 0 Å². The molecule has 1 fully saturated rings. The molecule has 1 aliphatic heterocycles.